The molecule has 0 heterocycles. The van der Waals surface area contributed by atoms with Crippen molar-refractivity contribution in [3.05, 3.63) is 134 Å². The van der Waals surface area contributed by atoms with Crippen molar-refractivity contribution < 1.29 is 28.6 Å². The lowest BCUT2D eigenvalue weighted by atomic mass is 10.0. The summed E-state index contributed by atoms with van der Waals surface area (Å²) in [4.78, 5) is 38.3. The van der Waals surface area contributed by atoms with Crippen molar-refractivity contribution in [2.75, 3.05) is 13.2 Å². The topological polar surface area (TPSA) is 78.9 Å². The molecule has 0 aliphatic carbocycles. The number of allylic oxidation sites excluding steroid dienone is 22. The van der Waals surface area contributed by atoms with Crippen LogP contribution in [-0.4, -0.2) is 37.2 Å². The monoisotopic (exact) mass is 1130 g/mol. The molecular weight excluding hydrogens is 1010 g/mol. The Morgan fingerprint density at radius 3 is 0.768 bits per heavy atom. The summed E-state index contributed by atoms with van der Waals surface area (Å²) in [6.45, 7) is 6.49. The molecule has 0 aromatic carbocycles. The van der Waals surface area contributed by atoms with Crippen LogP contribution in [0, 0.1) is 0 Å². The van der Waals surface area contributed by atoms with Gasteiger partial charge in [0.25, 0.3) is 0 Å². The van der Waals surface area contributed by atoms with E-state index in [4.69, 9.17) is 14.2 Å². The molecule has 0 saturated heterocycles. The third-order valence-electron chi connectivity index (χ3n) is 14.4. The van der Waals surface area contributed by atoms with Crippen LogP contribution in [0.25, 0.3) is 0 Å². The minimum Gasteiger partial charge on any atom is -0.462 e. The molecule has 0 bridgehead atoms. The van der Waals surface area contributed by atoms with E-state index in [2.05, 4.69) is 154 Å². The summed E-state index contributed by atoms with van der Waals surface area (Å²) in [6, 6.07) is 0. The quantitative estimate of drug-likeness (QED) is 0.0261. The van der Waals surface area contributed by atoms with Gasteiger partial charge in [-0.05, 0) is 122 Å². The van der Waals surface area contributed by atoms with Crippen molar-refractivity contribution in [1.29, 1.82) is 0 Å². The molecule has 0 aliphatic heterocycles. The average molecular weight is 1140 g/mol. The van der Waals surface area contributed by atoms with Crippen LogP contribution in [0.3, 0.4) is 0 Å². The highest BCUT2D eigenvalue weighted by atomic mass is 16.6. The number of rotatable bonds is 61. The minimum absolute atomic E-state index is 0.0860. The first-order chi connectivity index (χ1) is 40.5. The molecular formula is C76H126O6. The lowest BCUT2D eigenvalue weighted by Crippen LogP contribution is -2.30. The number of esters is 3. The van der Waals surface area contributed by atoms with Crippen LogP contribution >= 0.6 is 0 Å². The van der Waals surface area contributed by atoms with Gasteiger partial charge in [0.2, 0.25) is 0 Å². The SMILES string of the molecule is CC/C=C\C/C=C\C/C=C\C/C=C\C/C=C\C/C=C\C/C=C\C/C=C\CCCCCCCCCCC(=O)OCC(COC(=O)CCCCCCCCCCCCCC)OC(=O)CCCCCCCC/C=C\C/C=C\C/C=C\CCCCC. The molecule has 0 saturated carbocycles. The predicted octanol–water partition coefficient (Wildman–Crippen LogP) is 23.7. The highest BCUT2D eigenvalue weighted by Gasteiger charge is 2.19. The van der Waals surface area contributed by atoms with E-state index in [0.29, 0.717) is 19.3 Å². The largest absolute Gasteiger partial charge is 0.462 e. The van der Waals surface area contributed by atoms with Gasteiger partial charge in [0.15, 0.2) is 6.10 Å². The molecule has 0 spiro atoms. The second kappa shape index (κ2) is 69.0. The molecule has 0 aromatic heterocycles. The zero-order valence-electron chi connectivity index (χ0n) is 53.5. The molecule has 6 heteroatoms. The number of hydrogen-bond donors (Lipinski definition) is 0. The van der Waals surface area contributed by atoms with Gasteiger partial charge in [-0.25, -0.2) is 0 Å². The Balaban J connectivity index is 4.30. The van der Waals surface area contributed by atoms with Crippen LogP contribution in [0.1, 0.15) is 310 Å². The normalized spacial score (nSPS) is 13.0. The molecule has 0 amide bonds. The molecule has 1 atom stereocenters. The summed E-state index contributed by atoms with van der Waals surface area (Å²) in [5, 5.41) is 0. The standard InChI is InChI=1S/C76H126O6/c1-4-7-10-13-16-19-22-25-27-29-31-32-33-34-35-36-37-38-39-40-41-42-43-44-46-47-49-51-54-57-60-63-66-69-75(78)81-72-73(71-80-74(77)68-65-62-59-56-53-24-21-18-15-12-9-6-3)82-76(79)70-67-64-61-58-55-52-50-48-45-30-28-26-23-20-17-14-11-8-5-2/h7,10,16-17,19-20,25-28,31-32,34-35,37-38,40-41,43-45,48,73H,4-6,8-9,11-15,18,21-24,29-30,33,36,39,42,46-47,49-72H2,1-3H3/b10-7-,19-16-,20-17-,27-25-,28-26-,32-31-,35-34-,38-37-,41-40-,44-43-,48-45-. The van der Waals surface area contributed by atoms with Crippen molar-refractivity contribution in [3.63, 3.8) is 0 Å². The summed E-state index contributed by atoms with van der Waals surface area (Å²) in [6.07, 6.45) is 97.5. The van der Waals surface area contributed by atoms with E-state index >= 15 is 0 Å². The minimum atomic E-state index is -0.792. The Hall–Kier alpha value is -4.45. The van der Waals surface area contributed by atoms with Gasteiger partial charge < -0.3 is 14.2 Å². The molecule has 0 N–H and O–H groups in total. The van der Waals surface area contributed by atoms with Crippen molar-refractivity contribution in [3.8, 4) is 0 Å². The van der Waals surface area contributed by atoms with E-state index in [0.717, 1.165) is 141 Å². The fraction of sp³-hybridized carbons (Fsp3) is 0.671. The maximum Gasteiger partial charge on any atom is 0.306 e. The fourth-order valence-corrected chi connectivity index (χ4v) is 9.29. The molecule has 1 unspecified atom stereocenters. The maximum absolute atomic E-state index is 12.9. The summed E-state index contributed by atoms with van der Waals surface area (Å²) in [7, 11) is 0. The van der Waals surface area contributed by atoms with Crippen LogP contribution in [0.15, 0.2) is 134 Å². The van der Waals surface area contributed by atoms with Crippen LogP contribution < -0.4 is 0 Å². The van der Waals surface area contributed by atoms with Gasteiger partial charge >= 0.3 is 17.9 Å². The smallest absolute Gasteiger partial charge is 0.306 e. The summed E-state index contributed by atoms with van der Waals surface area (Å²) < 4.78 is 16.9. The van der Waals surface area contributed by atoms with E-state index in [1.807, 2.05) is 0 Å². The van der Waals surface area contributed by atoms with Crippen LogP contribution in [0.4, 0.5) is 0 Å². The van der Waals surface area contributed by atoms with E-state index in [1.54, 1.807) is 0 Å². The lowest BCUT2D eigenvalue weighted by molar-refractivity contribution is -0.167. The summed E-state index contributed by atoms with van der Waals surface area (Å²) >= 11 is 0. The van der Waals surface area contributed by atoms with Crippen molar-refractivity contribution >= 4 is 17.9 Å². The van der Waals surface area contributed by atoms with Crippen LogP contribution in [0.5, 0.6) is 0 Å². The second-order valence-electron chi connectivity index (χ2n) is 22.4. The average Bonchev–Trinajstić information content (AvgIpc) is 3.47. The first-order valence-electron chi connectivity index (χ1n) is 34.2. The number of ether oxygens (including phenoxy) is 3. The fourth-order valence-electron chi connectivity index (χ4n) is 9.29. The lowest BCUT2D eigenvalue weighted by Gasteiger charge is -2.18. The van der Waals surface area contributed by atoms with Crippen molar-refractivity contribution in [2.45, 2.75) is 316 Å². The van der Waals surface area contributed by atoms with E-state index < -0.39 is 6.10 Å². The highest BCUT2D eigenvalue weighted by molar-refractivity contribution is 5.71. The van der Waals surface area contributed by atoms with Crippen LogP contribution in [-0.2, 0) is 28.6 Å². The van der Waals surface area contributed by atoms with Crippen molar-refractivity contribution in [2.24, 2.45) is 0 Å². The van der Waals surface area contributed by atoms with Gasteiger partial charge in [-0.15, -0.1) is 0 Å². The molecule has 466 valence electrons. The maximum atomic E-state index is 12.9. The van der Waals surface area contributed by atoms with E-state index in [9.17, 15) is 14.4 Å². The van der Waals surface area contributed by atoms with E-state index in [1.165, 1.54) is 128 Å². The Bertz CT molecular complexity index is 1730. The van der Waals surface area contributed by atoms with Gasteiger partial charge in [0.1, 0.15) is 13.2 Å². The zero-order valence-corrected chi connectivity index (χ0v) is 53.5. The molecule has 0 fully saturated rings. The second-order valence-corrected chi connectivity index (χ2v) is 22.4. The number of unbranched alkanes of at least 4 members (excludes halogenated alkanes) is 28. The Labute approximate surface area is 506 Å². The summed E-state index contributed by atoms with van der Waals surface area (Å²) in [5.74, 6) is -0.901. The molecule has 82 heavy (non-hydrogen) atoms. The third-order valence-corrected chi connectivity index (χ3v) is 14.4. The zero-order chi connectivity index (χ0) is 59.2. The van der Waals surface area contributed by atoms with Gasteiger partial charge in [0, 0.05) is 19.3 Å². The highest BCUT2D eigenvalue weighted by Crippen LogP contribution is 2.16. The number of carbonyl (C=O) groups excluding carboxylic acids is 3. The van der Waals surface area contributed by atoms with Gasteiger partial charge in [0.05, 0.1) is 0 Å². The molecule has 0 rings (SSSR count). The first kappa shape index (κ1) is 77.5. The van der Waals surface area contributed by atoms with Crippen molar-refractivity contribution in [1.82, 2.24) is 0 Å². The van der Waals surface area contributed by atoms with Gasteiger partial charge in [-0.3, -0.25) is 14.4 Å². The van der Waals surface area contributed by atoms with E-state index in [-0.39, 0.29) is 31.1 Å². The van der Waals surface area contributed by atoms with Crippen LogP contribution in [0.2, 0.25) is 0 Å². The van der Waals surface area contributed by atoms with Gasteiger partial charge in [-0.1, -0.05) is 302 Å². The Morgan fingerprint density at radius 2 is 0.476 bits per heavy atom. The number of carbonyl (C=O) groups is 3. The Morgan fingerprint density at radius 1 is 0.256 bits per heavy atom. The molecule has 0 radical (unpaired) electrons. The molecule has 6 nitrogen and oxygen atoms in total. The Kier molecular flexibility index (Phi) is 65.3. The molecule has 0 aromatic rings. The predicted molar refractivity (Wildman–Crippen MR) is 357 cm³/mol. The number of hydrogen-bond acceptors (Lipinski definition) is 6. The molecule has 0 aliphatic rings. The summed E-state index contributed by atoms with van der Waals surface area (Å²) in [5.41, 5.74) is 0. The third kappa shape index (κ3) is 66.4. The first-order valence-corrected chi connectivity index (χ1v) is 34.2. The van der Waals surface area contributed by atoms with Gasteiger partial charge in [-0.2, -0.15) is 0 Å².